The third kappa shape index (κ3) is 4.73. The number of para-hydroxylation sites is 1. The number of nitrogens with zero attached hydrogens (tertiary/aromatic N) is 4. The number of aliphatic hydroxyl groups excluding tert-OH is 1. The van der Waals surface area contributed by atoms with Crippen molar-refractivity contribution >= 4 is 23.5 Å². The van der Waals surface area contributed by atoms with E-state index in [1.165, 1.54) is 6.08 Å². The second-order valence-corrected chi connectivity index (χ2v) is 7.29. The van der Waals surface area contributed by atoms with E-state index in [2.05, 4.69) is 9.88 Å². The molecule has 1 aliphatic rings. The minimum atomic E-state index is -0.499. The molecule has 1 aromatic carbocycles. The van der Waals surface area contributed by atoms with Crippen LogP contribution in [-0.2, 0) is 4.79 Å². The van der Waals surface area contributed by atoms with Crippen molar-refractivity contribution in [3.8, 4) is 5.82 Å². The number of aliphatic hydroxyl groups is 1. The maximum absolute atomic E-state index is 12.9. The summed E-state index contributed by atoms with van der Waals surface area (Å²) in [5, 5.41) is 8.91. The highest BCUT2D eigenvalue weighted by atomic mass is 16.3. The van der Waals surface area contributed by atoms with Gasteiger partial charge in [-0.05, 0) is 48.0 Å². The van der Waals surface area contributed by atoms with Gasteiger partial charge in [-0.1, -0.05) is 18.2 Å². The van der Waals surface area contributed by atoms with Crippen molar-refractivity contribution in [1.29, 1.82) is 0 Å². The summed E-state index contributed by atoms with van der Waals surface area (Å²) in [5.41, 5.74) is 2.50. The number of ketones is 1. The molecule has 1 fully saturated rings. The van der Waals surface area contributed by atoms with Gasteiger partial charge in [-0.25, -0.2) is 4.98 Å². The number of amides is 1. The lowest BCUT2D eigenvalue weighted by Gasteiger charge is -2.36. The number of hydrogen-bond donors (Lipinski definition) is 1. The largest absolute Gasteiger partial charge is 0.388 e. The van der Waals surface area contributed by atoms with Crippen molar-refractivity contribution in [2.75, 3.05) is 37.7 Å². The smallest absolute Gasteiger partial charge is 0.255 e. The Kier molecular flexibility index (Phi) is 6.24. The van der Waals surface area contributed by atoms with Crippen LogP contribution in [0.3, 0.4) is 0 Å². The number of carbonyl (C=O) groups excluding carboxylic acids is 2. The van der Waals surface area contributed by atoms with E-state index in [1.807, 2.05) is 70.4 Å². The van der Waals surface area contributed by atoms with Crippen molar-refractivity contribution in [1.82, 2.24) is 14.5 Å². The van der Waals surface area contributed by atoms with Gasteiger partial charge in [0, 0.05) is 50.5 Å². The molecule has 7 nitrogen and oxygen atoms in total. The number of rotatable bonds is 6. The van der Waals surface area contributed by atoms with Gasteiger partial charge in [0.2, 0.25) is 0 Å². The second-order valence-electron chi connectivity index (χ2n) is 7.29. The van der Waals surface area contributed by atoms with Gasteiger partial charge in [-0.15, -0.1) is 0 Å². The Balaban J connectivity index is 1.40. The molecule has 1 amide bonds. The van der Waals surface area contributed by atoms with Gasteiger partial charge in [-0.2, -0.15) is 0 Å². The Morgan fingerprint density at radius 2 is 1.71 bits per heavy atom. The molecule has 158 valence electrons. The quantitative estimate of drug-likeness (QED) is 0.625. The molecule has 1 saturated heterocycles. The fourth-order valence-corrected chi connectivity index (χ4v) is 3.64. The summed E-state index contributed by atoms with van der Waals surface area (Å²) in [6.45, 7) is 2.09. The molecule has 0 unspecified atom stereocenters. The van der Waals surface area contributed by atoms with Crippen molar-refractivity contribution in [3.05, 3.63) is 84.3 Å². The van der Waals surface area contributed by atoms with Crippen LogP contribution in [-0.4, -0.2) is 64.0 Å². The molecule has 3 aromatic rings. The number of aromatic nitrogens is 2. The predicted octanol–water partition coefficient (Wildman–Crippen LogP) is 2.41. The molecule has 0 aliphatic carbocycles. The van der Waals surface area contributed by atoms with Crippen LogP contribution < -0.4 is 4.90 Å². The Labute approximate surface area is 180 Å². The Morgan fingerprint density at radius 1 is 0.968 bits per heavy atom. The monoisotopic (exact) mass is 416 g/mol. The molecule has 31 heavy (non-hydrogen) atoms. The van der Waals surface area contributed by atoms with Crippen molar-refractivity contribution in [3.63, 3.8) is 0 Å². The summed E-state index contributed by atoms with van der Waals surface area (Å²) < 4.78 is 1.90. The molecule has 1 N–H and O–H groups in total. The van der Waals surface area contributed by atoms with Crippen molar-refractivity contribution < 1.29 is 14.7 Å². The summed E-state index contributed by atoms with van der Waals surface area (Å²) in [6, 6.07) is 15.3. The number of carbonyl (C=O) groups is 2. The Hall–Kier alpha value is -3.71. The van der Waals surface area contributed by atoms with Gasteiger partial charge in [0.05, 0.1) is 5.56 Å². The van der Waals surface area contributed by atoms with E-state index in [1.54, 1.807) is 12.3 Å². The molecule has 0 atom stereocenters. The lowest BCUT2D eigenvalue weighted by Crippen LogP contribution is -2.49. The molecule has 1 aliphatic heterocycles. The van der Waals surface area contributed by atoms with E-state index in [4.69, 9.17) is 5.11 Å². The summed E-state index contributed by atoms with van der Waals surface area (Å²) in [5.74, 6) is 0.422. The molecule has 0 spiro atoms. The summed E-state index contributed by atoms with van der Waals surface area (Å²) in [4.78, 5) is 32.8. The first-order valence-electron chi connectivity index (χ1n) is 10.2. The minimum Gasteiger partial charge on any atom is -0.388 e. The zero-order chi connectivity index (χ0) is 21.6. The van der Waals surface area contributed by atoms with E-state index in [9.17, 15) is 9.59 Å². The first-order valence-corrected chi connectivity index (χ1v) is 10.2. The highest BCUT2D eigenvalue weighted by Crippen LogP contribution is 2.23. The maximum atomic E-state index is 12.9. The first-order chi connectivity index (χ1) is 15.2. The van der Waals surface area contributed by atoms with Crippen LogP contribution in [0.5, 0.6) is 0 Å². The number of piperazine rings is 1. The summed E-state index contributed by atoms with van der Waals surface area (Å²) in [7, 11) is 0. The predicted molar refractivity (Wildman–Crippen MR) is 119 cm³/mol. The normalized spacial score (nSPS) is 14.2. The van der Waals surface area contributed by atoms with Gasteiger partial charge in [0.25, 0.3) is 5.91 Å². The average Bonchev–Trinajstić information content (AvgIpc) is 3.37. The number of anilines is 1. The summed E-state index contributed by atoms with van der Waals surface area (Å²) >= 11 is 0. The molecule has 2 aromatic heterocycles. The van der Waals surface area contributed by atoms with Crippen LogP contribution in [0.1, 0.15) is 15.9 Å². The lowest BCUT2D eigenvalue weighted by atomic mass is 10.1. The highest BCUT2D eigenvalue weighted by Gasteiger charge is 2.23. The second kappa shape index (κ2) is 9.40. The molecule has 0 saturated carbocycles. The molecule has 3 heterocycles. The van der Waals surface area contributed by atoms with Crippen molar-refractivity contribution in [2.24, 2.45) is 0 Å². The minimum absolute atomic E-state index is 0.0204. The molecule has 0 bridgehead atoms. The third-order valence-corrected chi connectivity index (χ3v) is 5.31. The van der Waals surface area contributed by atoms with E-state index < -0.39 is 6.61 Å². The summed E-state index contributed by atoms with van der Waals surface area (Å²) in [6.07, 6.45) is 8.57. The van der Waals surface area contributed by atoms with Crippen LogP contribution in [0.2, 0.25) is 0 Å². The molecule has 4 rings (SSSR count). The number of pyridine rings is 1. The fourth-order valence-electron chi connectivity index (χ4n) is 3.64. The Bertz CT molecular complexity index is 1070. The third-order valence-electron chi connectivity index (χ3n) is 5.31. The fraction of sp³-hybridized carbons (Fsp3) is 0.208. The van der Waals surface area contributed by atoms with Gasteiger partial charge >= 0.3 is 0 Å². The van der Waals surface area contributed by atoms with E-state index in [0.29, 0.717) is 31.7 Å². The van der Waals surface area contributed by atoms with Gasteiger partial charge in [0.1, 0.15) is 12.4 Å². The van der Waals surface area contributed by atoms with Crippen molar-refractivity contribution in [2.45, 2.75) is 0 Å². The maximum Gasteiger partial charge on any atom is 0.255 e. The first kappa shape index (κ1) is 20.6. The van der Waals surface area contributed by atoms with Crippen LogP contribution in [0.15, 0.2) is 73.2 Å². The van der Waals surface area contributed by atoms with E-state index in [-0.39, 0.29) is 11.7 Å². The lowest BCUT2D eigenvalue weighted by molar-refractivity contribution is -0.117. The van der Waals surface area contributed by atoms with Crippen LogP contribution in [0.4, 0.5) is 5.69 Å². The highest BCUT2D eigenvalue weighted by molar-refractivity contribution is 5.95. The topological polar surface area (TPSA) is 78.7 Å². The number of benzene rings is 1. The van der Waals surface area contributed by atoms with Crippen LogP contribution in [0.25, 0.3) is 11.9 Å². The molecular formula is C24H24N4O3. The van der Waals surface area contributed by atoms with Gasteiger partial charge < -0.3 is 19.5 Å². The molecular weight excluding hydrogens is 392 g/mol. The van der Waals surface area contributed by atoms with E-state index >= 15 is 0 Å². The molecule has 7 heteroatoms. The van der Waals surface area contributed by atoms with Crippen LogP contribution in [0, 0.1) is 0 Å². The standard InChI is InChI=1S/C24H24N4O3/c29-18-21(30)9-7-19-5-1-2-6-22(19)26-13-15-28(16-14-26)24(31)20-8-10-23(25-17-20)27-11-3-4-12-27/h1-12,17,29H,13-16,18H2/b9-7+. The van der Waals surface area contributed by atoms with E-state index in [0.717, 1.165) is 17.1 Å². The molecule has 0 radical (unpaired) electrons. The SMILES string of the molecule is O=C(/C=C/c1ccccc1N1CCN(C(=O)c2ccc(-n3cccc3)nc2)CC1)CO. The number of hydrogen-bond acceptors (Lipinski definition) is 5. The van der Waals surface area contributed by atoms with Gasteiger partial charge in [-0.3, -0.25) is 9.59 Å². The van der Waals surface area contributed by atoms with Crippen LogP contribution >= 0.6 is 0 Å². The average molecular weight is 416 g/mol. The van der Waals surface area contributed by atoms with Gasteiger partial charge in [0.15, 0.2) is 5.78 Å². The Morgan fingerprint density at radius 3 is 2.39 bits per heavy atom. The zero-order valence-electron chi connectivity index (χ0n) is 17.1. The zero-order valence-corrected chi connectivity index (χ0v) is 17.1.